The number of halogens is 2. The van der Waals surface area contributed by atoms with Crippen molar-refractivity contribution in [2.75, 3.05) is 7.05 Å². The Hall–Kier alpha value is -1.56. The number of carbonyl (C=O) groups is 1. The average Bonchev–Trinajstić information content (AvgIpc) is 2.88. The van der Waals surface area contributed by atoms with Gasteiger partial charge in [-0.1, -0.05) is 28.1 Å². The first kappa shape index (κ1) is 21.2. The van der Waals surface area contributed by atoms with E-state index in [-0.39, 0.29) is 18.3 Å². The number of rotatable bonds is 5. The molecule has 2 saturated heterocycles. The van der Waals surface area contributed by atoms with Gasteiger partial charge >= 0.3 is 0 Å². The van der Waals surface area contributed by atoms with Crippen LogP contribution in [0, 0.1) is 0 Å². The summed E-state index contributed by atoms with van der Waals surface area (Å²) in [5.41, 5.74) is 1.71. The van der Waals surface area contributed by atoms with E-state index < -0.39 is 0 Å². The minimum atomic E-state index is -0.0688. The van der Waals surface area contributed by atoms with Crippen LogP contribution >= 0.6 is 28.3 Å². The molecule has 2 aliphatic heterocycles. The highest BCUT2D eigenvalue weighted by Gasteiger charge is 2.39. The Morgan fingerprint density at radius 3 is 2.50 bits per heavy atom. The van der Waals surface area contributed by atoms with Crippen molar-refractivity contribution in [2.45, 2.75) is 50.4 Å². The summed E-state index contributed by atoms with van der Waals surface area (Å²) in [5.74, 6) is 0.833. The summed E-state index contributed by atoms with van der Waals surface area (Å²) in [6.07, 6.45) is 5.10. The average molecular weight is 466 g/mol. The van der Waals surface area contributed by atoms with E-state index >= 15 is 0 Å². The molecule has 4 nitrogen and oxygen atoms in total. The van der Waals surface area contributed by atoms with Gasteiger partial charge in [0.25, 0.3) is 5.91 Å². The lowest BCUT2D eigenvalue weighted by atomic mass is 10.0. The fourth-order valence-corrected chi connectivity index (χ4v) is 4.53. The minimum Gasteiger partial charge on any atom is -0.490 e. The summed E-state index contributed by atoms with van der Waals surface area (Å²) < 4.78 is 7.25. The number of amides is 1. The van der Waals surface area contributed by atoms with Crippen molar-refractivity contribution in [1.82, 2.24) is 10.2 Å². The smallest absolute Gasteiger partial charge is 0.251 e. The first-order valence-electron chi connectivity index (χ1n) is 9.60. The molecule has 0 spiro atoms. The number of hydrogen-bond donors (Lipinski definition) is 1. The topological polar surface area (TPSA) is 41.6 Å². The van der Waals surface area contributed by atoms with Crippen molar-refractivity contribution in [3.8, 4) is 5.75 Å². The summed E-state index contributed by atoms with van der Waals surface area (Å²) in [4.78, 5) is 14.8. The number of nitrogens with zero attached hydrogens (tertiary/aromatic N) is 1. The van der Waals surface area contributed by atoms with E-state index in [1.165, 1.54) is 12.8 Å². The second-order valence-electron chi connectivity index (χ2n) is 7.60. The zero-order valence-corrected chi connectivity index (χ0v) is 18.3. The van der Waals surface area contributed by atoms with E-state index in [9.17, 15) is 4.79 Å². The highest BCUT2D eigenvalue weighted by molar-refractivity contribution is 9.10. The van der Waals surface area contributed by atoms with E-state index in [0.717, 1.165) is 28.6 Å². The summed E-state index contributed by atoms with van der Waals surface area (Å²) in [6.45, 7) is 0.491. The van der Waals surface area contributed by atoms with Gasteiger partial charge in [-0.05, 0) is 74.7 Å². The van der Waals surface area contributed by atoms with Gasteiger partial charge in [0.1, 0.15) is 11.9 Å². The van der Waals surface area contributed by atoms with Crippen LogP contribution in [0.1, 0.15) is 41.6 Å². The second-order valence-corrected chi connectivity index (χ2v) is 8.51. The fourth-order valence-electron chi connectivity index (χ4n) is 4.26. The number of piperidine rings is 1. The van der Waals surface area contributed by atoms with Crippen LogP contribution in [-0.2, 0) is 6.54 Å². The van der Waals surface area contributed by atoms with Gasteiger partial charge in [-0.2, -0.15) is 0 Å². The first-order chi connectivity index (χ1) is 13.1. The van der Waals surface area contributed by atoms with Crippen LogP contribution in [0.2, 0.25) is 0 Å². The molecule has 2 heterocycles. The van der Waals surface area contributed by atoms with Gasteiger partial charge in [-0.15, -0.1) is 12.4 Å². The quantitative estimate of drug-likeness (QED) is 0.689. The largest absolute Gasteiger partial charge is 0.490 e. The maximum absolute atomic E-state index is 12.3. The molecule has 0 radical (unpaired) electrons. The third-order valence-corrected chi connectivity index (χ3v) is 6.34. The molecule has 1 N–H and O–H groups in total. The van der Waals surface area contributed by atoms with E-state index in [2.05, 4.69) is 33.2 Å². The molecule has 2 fully saturated rings. The molecule has 0 aliphatic carbocycles. The van der Waals surface area contributed by atoms with E-state index in [0.29, 0.717) is 30.3 Å². The number of carbonyl (C=O) groups excluding carboxylic acids is 1. The van der Waals surface area contributed by atoms with Gasteiger partial charge in [0.15, 0.2) is 0 Å². The molecular formula is C22H26BrClN2O2. The van der Waals surface area contributed by atoms with E-state index in [4.69, 9.17) is 4.74 Å². The van der Waals surface area contributed by atoms with Gasteiger partial charge in [0.2, 0.25) is 0 Å². The lowest BCUT2D eigenvalue weighted by Crippen LogP contribution is -2.43. The molecule has 28 heavy (non-hydrogen) atoms. The Morgan fingerprint density at radius 1 is 1.14 bits per heavy atom. The summed E-state index contributed by atoms with van der Waals surface area (Å²) >= 11 is 3.39. The SMILES string of the molecule is CN1[C@@H]2CC[C@H]1C[C@H](Oc1cccc(CNC(=O)c3ccc(Br)cc3)c1)C2.Cl. The Kier molecular flexibility index (Phi) is 7.02. The normalized spacial score (nSPS) is 23.7. The van der Waals surface area contributed by atoms with Crippen LogP contribution in [0.15, 0.2) is 53.0 Å². The van der Waals surface area contributed by atoms with Crippen molar-refractivity contribution in [3.63, 3.8) is 0 Å². The molecule has 150 valence electrons. The van der Waals surface area contributed by atoms with Crippen LogP contribution in [0.3, 0.4) is 0 Å². The van der Waals surface area contributed by atoms with Crippen molar-refractivity contribution >= 4 is 34.2 Å². The van der Waals surface area contributed by atoms with Crippen LogP contribution in [0.25, 0.3) is 0 Å². The maximum atomic E-state index is 12.3. The minimum absolute atomic E-state index is 0. The lowest BCUT2D eigenvalue weighted by Gasteiger charge is -2.36. The van der Waals surface area contributed by atoms with Crippen molar-refractivity contribution in [1.29, 1.82) is 0 Å². The highest BCUT2D eigenvalue weighted by Crippen LogP contribution is 2.36. The zero-order chi connectivity index (χ0) is 18.8. The van der Waals surface area contributed by atoms with Crippen LogP contribution < -0.4 is 10.1 Å². The Balaban J connectivity index is 0.00000225. The predicted molar refractivity (Wildman–Crippen MR) is 117 cm³/mol. The highest BCUT2D eigenvalue weighted by atomic mass is 79.9. The van der Waals surface area contributed by atoms with Crippen molar-refractivity contribution < 1.29 is 9.53 Å². The van der Waals surface area contributed by atoms with Gasteiger partial charge in [-0.3, -0.25) is 4.79 Å². The summed E-state index contributed by atoms with van der Waals surface area (Å²) in [7, 11) is 2.24. The number of fused-ring (bicyclic) bond motifs is 2. The molecule has 2 bridgehead atoms. The summed E-state index contributed by atoms with van der Waals surface area (Å²) in [5, 5.41) is 2.98. The van der Waals surface area contributed by atoms with Crippen LogP contribution in [0.4, 0.5) is 0 Å². The molecule has 0 saturated carbocycles. The van der Waals surface area contributed by atoms with E-state index in [1.54, 1.807) is 0 Å². The van der Waals surface area contributed by atoms with Crippen molar-refractivity contribution in [3.05, 3.63) is 64.1 Å². The second kappa shape index (κ2) is 9.29. The number of benzene rings is 2. The standard InChI is InChI=1S/C22H25BrN2O2.ClH/c1-25-18-9-10-19(25)13-21(12-18)27-20-4-2-3-15(11-20)14-24-22(26)16-5-7-17(23)8-6-16;/h2-8,11,18-19,21H,9-10,12-14H2,1H3,(H,24,26);1H/t18-,19+,21-;. The van der Waals surface area contributed by atoms with Gasteiger partial charge < -0.3 is 15.0 Å². The van der Waals surface area contributed by atoms with Crippen LogP contribution in [0.5, 0.6) is 5.75 Å². The molecule has 0 aromatic heterocycles. The lowest BCUT2D eigenvalue weighted by molar-refractivity contribution is 0.0661. The van der Waals surface area contributed by atoms with Gasteiger partial charge in [0, 0.05) is 28.7 Å². The molecule has 2 aromatic carbocycles. The number of hydrogen-bond acceptors (Lipinski definition) is 3. The zero-order valence-electron chi connectivity index (χ0n) is 15.9. The fraction of sp³-hybridized carbons (Fsp3) is 0.409. The Labute approximate surface area is 181 Å². The molecule has 2 aliphatic rings. The molecule has 0 unspecified atom stereocenters. The van der Waals surface area contributed by atoms with Crippen molar-refractivity contribution in [2.24, 2.45) is 0 Å². The number of nitrogens with one attached hydrogen (secondary N) is 1. The molecule has 1 amide bonds. The molecule has 2 aromatic rings. The maximum Gasteiger partial charge on any atom is 0.251 e. The third kappa shape index (κ3) is 4.88. The van der Waals surface area contributed by atoms with Crippen LogP contribution in [-0.4, -0.2) is 36.0 Å². The summed E-state index contributed by atoms with van der Waals surface area (Å²) in [6, 6.07) is 16.8. The van der Waals surface area contributed by atoms with Gasteiger partial charge in [0.05, 0.1) is 0 Å². The molecular weight excluding hydrogens is 440 g/mol. The monoisotopic (exact) mass is 464 g/mol. The number of ether oxygens (including phenoxy) is 1. The molecule has 3 atom stereocenters. The van der Waals surface area contributed by atoms with E-state index in [1.807, 2.05) is 48.5 Å². The predicted octanol–water partition coefficient (Wildman–Crippen LogP) is 4.80. The van der Waals surface area contributed by atoms with Gasteiger partial charge in [-0.25, -0.2) is 0 Å². The third-order valence-electron chi connectivity index (χ3n) is 5.82. The first-order valence-corrected chi connectivity index (χ1v) is 10.4. The molecule has 4 rings (SSSR count). The Morgan fingerprint density at radius 2 is 1.82 bits per heavy atom. The Bertz CT molecular complexity index is 800. The molecule has 6 heteroatoms.